The zero-order valence-electron chi connectivity index (χ0n) is 15.3. The monoisotopic (exact) mass is 401 g/mol. The molecule has 2 aromatic carbocycles. The smallest absolute Gasteiger partial charge is 0.269 e. The van der Waals surface area contributed by atoms with Crippen molar-refractivity contribution in [3.63, 3.8) is 0 Å². The lowest BCUT2D eigenvalue weighted by Gasteiger charge is -2.16. The van der Waals surface area contributed by atoms with Crippen LogP contribution in [-0.4, -0.2) is 4.57 Å². The maximum Gasteiger partial charge on any atom is 0.269 e. The highest BCUT2D eigenvalue weighted by Gasteiger charge is 2.14. The minimum atomic E-state index is -0.254. The summed E-state index contributed by atoms with van der Waals surface area (Å²) >= 11 is 12.4. The van der Waals surface area contributed by atoms with Gasteiger partial charge in [-0.25, -0.2) is 0 Å². The Morgan fingerprint density at radius 1 is 0.889 bits per heavy atom. The number of hydrogen-bond donors (Lipinski definition) is 0. The van der Waals surface area contributed by atoms with E-state index in [4.69, 9.17) is 27.9 Å². The molecule has 0 amide bonds. The van der Waals surface area contributed by atoms with Gasteiger partial charge in [0.2, 0.25) is 0 Å². The quantitative estimate of drug-likeness (QED) is 0.538. The molecule has 3 nitrogen and oxygen atoms in total. The third-order valence-corrected chi connectivity index (χ3v) is 5.04. The van der Waals surface area contributed by atoms with Crippen molar-refractivity contribution in [3.8, 4) is 5.75 Å². The molecular weight excluding hydrogens is 381 g/mol. The van der Waals surface area contributed by atoms with Crippen LogP contribution in [0, 0.1) is 13.8 Å². The van der Waals surface area contributed by atoms with Crippen LogP contribution in [-0.2, 0) is 19.6 Å². The van der Waals surface area contributed by atoms with Crippen molar-refractivity contribution in [3.05, 3.63) is 97.4 Å². The van der Waals surface area contributed by atoms with E-state index in [0.717, 1.165) is 16.9 Å². The Balaban J connectivity index is 1.83. The number of aryl methyl sites for hydroxylation is 3. The van der Waals surface area contributed by atoms with Gasteiger partial charge in [0, 0.05) is 6.54 Å². The van der Waals surface area contributed by atoms with E-state index >= 15 is 0 Å². The molecule has 0 atom stereocenters. The van der Waals surface area contributed by atoms with Crippen LogP contribution in [0.15, 0.2) is 59.4 Å². The summed E-state index contributed by atoms with van der Waals surface area (Å²) in [7, 11) is 0. The van der Waals surface area contributed by atoms with Gasteiger partial charge >= 0.3 is 0 Å². The second-order valence-corrected chi connectivity index (χ2v) is 7.40. The van der Waals surface area contributed by atoms with Gasteiger partial charge in [-0.05, 0) is 44.0 Å². The molecule has 0 N–H and O–H groups in total. The predicted molar refractivity (Wildman–Crippen MR) is 111 cm³/mol. The first-order valence-electron chi connectivity index (χ1n) is 8.77. The van der Waals surface area contributed by atoms with Gasteiger partial charge < -0.3 is 9.30 Å². The Hall–Kier alpha value is -2.23. The number of pyridine rings is 1. The molecule has 140 valence electrons. The van der Waals surface area contributed by atoms with Crippen molar-refractivity contribution in [1.29, 1.82) is 0 Å². The van der Waals surface area contributed by atoms with Crippen molar-refractivity contribution in [2.24, 2.45) is 0 Å². The van der Waals surface area contributed by atoms with Gasteiger partial charge in [0.1, 0.15) is 17.4 Å². The zero-order valence-corrected chi connectivity index (χ0v) is 16.8. The van der Waals surface area contributed by atoms with Gasteiger partial charge in [-0.1, -0.05) is 70.7 Å². The predicted octanol–water partition coefficient (Wildman–Crippen LogP) is 5.59. The van der Waals surface area contributed by atoms with Crippen molar-refractivity contribution < 1.29 is 4.74 Å². The molecule has 0 aliphatic heterocycles. The van der Waals surface area contributed by atoms with Gasteiger partial charge in [-0.2, -0.15) is 0 Å². The van der Waals surface area contributed by atoms with Crippen LogP contribution in [0.4, 0.5) is 0 Å². The van der Waals surface area contributed by atoms with Crippen LogP contribution in [0.1, 0.15) is 22.4 Å². The van der Waals surface area contributed by atoms with Crippen LogP contribution in [0.5, 0.6) is 5.75 Å². The van der Waals surface area contributed by atoms with Gasteiger partial charge in [0.25, 0.3) is 5.56 Å². The molecule has 0 aliphatic rings. The average Bonchev–Trinajstić information content (AvgIpc) is 2.65. The maximum atomic E-state index is 12.6. The molecule has 27 heavy (non-hydrogen) atoms. The summed E-state index contributed by atoms with van der Waals surface area (Å²) in [5, 5.41) is 0.540. The number of ether oxygens (including phenoxy) is 1. The average molecular weight is 402 g/mol. The number of benzene rings is 2. The highest BCUT2D eigenvalue weighted by molar-refractivity contribution is 6.34. The lowest BCUT2D eigenvalue weighted by Crippen LogP contribution is -2.26. The summed E-state index contributed by atoms with van der Waals surface area (Å²) in [5.41, 5.74) is 3.87. The number of hydrogen-bond acceptors (Lipinski definition) is 2. The molecule has 0 bridgehead atoms. The largest absolute Gasteiger partial charge is 0.487 e. The van der Waals surface area contributed by atoms with Gasteiger partial charge in [-0.3, -0.25) is 4.79 Å². The Morgan fingerprint density at radius 2 is 1.48 bits per heavy atom. The highest BCUT2D eigenvalue weighted by Crippen LogP contribution is 2.21. The van der Waals surface area contributed by atoms with Crippen molar-refractivity contribution >= 4 is 23.2 Å². The van der Waals surface area contributed by atoms with E-state index in [1.165, 1.54) is 11.6 Å². The second-order valence-electron chi connectivity index (χ2n) is 6.58. The van der Waals surface area contributed by atoms with E-state index < -0.39 is 0 Å². The normalized spacial score (nSPS) is 10.8. The molecule has 0 saturated carbocycles. The first-order valence-corrected chi connectivity index (χ1v) is 9.52. The molecule has 0 aliphatic carbocycles. The van der Waals surface area contributed by atoms with Crippen LogP contribution >= 0.6 is 23.2 Å². The third kappa shape index (κ3) is 4.94. The van der Waals surface area contributed by atoms with Crippen molar-refractivity contribution in [2.45, 2.75) is 33.4 Å². The molecule has 1 heterocycles. The van der Waals surface area contributed by atoms with Crippen molar-refractivity contribution in [1.82, 2.24) is 4.57 Å². The minimum absolute atomic E-state index is 0.114. The van der Waals surface area contributed by atoms with E-state index in [0.29, 0.717) is 23.7 Å². The lowest BCUT2D eigenvalue weighted by molar-refractivity contribution is 0.292. The standard InChI is InChI=1S/C22H21Cl2NO2/c1-15-3-7-17(8-4-15)11-12-25-21(19(23)13-20(24)22(25)26)14-27-18-9-5-16(2)6-10-18/h3-10,13H,11-12,14H2,1-2H3. The minimum Gasteiger partial charge on any atom is -0.487 e. The van der Waals surface area contributed by atoms with Crippen LogP contribution in [0.2, 0.25) is 10.0 Å². The van der Waals surface area contributed by atoms with E-state index in [1.54, 1.807) is 4.57 Å². The molecule has 0 unspecified atom stereocenters. The molecule has 0 fully saturated rings. The fourth-order valence-corrected chi connectivity index (χ4v) is 3.33. The summed E-state index contributed by atoms with van der Waals surface area (Å²) in [4.78, 5) is 12.6. The van der Waals surface area contributed by atoms with E-state index in [9.17, 15) is 4.79 Å². The van der Waals surface area contributed by atoms with Crippen molar-refractivity contribution in [2.75, 3.05) is 0 Å². The fourth-order valence-electron chi connectivity index (χ4n) is 2.80. The number of nitrogens with zero attached hydrogens (tertiary/aromatic N) is 1. The molecule has 0 radical (unpaired) electrons. The van der Waals surface area contributed by atoms with Crippen LogP contribution in [0.3, 0.4) is 0 Å². The Bertz CT molecular complexity index is 977. The molecule has 3 aromatic rings. The summed E-state index contributed by atoms with van der Waals surface area (Å²) < 4.78 is 7.45. The number of halogens is 2. The lowest BCUT2D eigenvalue weighted by atomic mass is 10.1. The third-order valence-electron chi connectivity index (χ3n) is 4.45. The van der Waals surface area contributed by atoms with Gasteiger partial charge in [0.15, 0.2) is 0 Å². The number of rotatable bonds is 6. The first kappa shape index (κ1) is 19.5. The number of aromatic nitrogens is 1. The van der Waals surface area contributed by atoms with E-state index in [-0.39, 0.29) is 17.2 Å². The van der Waals surface area contributed by atoms with E-state index in [1.807, 2.05) is 38.1 Å². The molecule has 5 heteroatoms. The molecule has 3 rings (SSSR count). The van der Waals surface area contributed by atoms with Crippen LogP contribution < -0.4 is 10.3 Å². The second kappa shape index (κ2) is 8.64. The Kier molecular flexibility index (Phi) is 6.25. The molecule has 0 saturated heterocycles. The Labute approximate surface area is 169 Å². The zero-order chi connectivity index (χ0) is 19.4. The SMILES string of the molecule is Cc1ccc(CCn2c(COc3ccc(C)cc3)c(Cl)cc(Cl)c2=O)cc1. The molecule has 0 spiro atoms. The highest BCUT2D eigenvalue weighted by atomic mass is 35.5. The van der Waals surface area contributed by atoms with Gasteiger partial charge in [-0.15, -0.1) is 0 Å². The van der Waals surface area contributed by atoms with Gasteiger partial charge in [0.05, 0.1) is 10.7 Å². The maximum absolute atomic E-state index is 12.6. The van der Waals surface area contributed by atoms with E-state index in [2.05, 4.69) is 24.3 Å². The summed E-state index contributed by atoms with van der Waals surface area (Å²) in [6.07, 6.45) is 0.703. The topological polar surface area (TPSA) is 31.2 Å². The Morgan fingerprint density at radius 3 is 2.11 bits per heavy atom. The fraction of sp³-hybridized carbons (Fsp3) is 0.227. The summed E-state index contributed by atoms with van der Waals surface area (Å²) in [5.74, 6) is 0.726. The molecule has 1 aromatic heterocycles. The van der Waals surface area contributed by atoms with Crippen LogP contribution in [0.25, 0.3) is 0 Å². The molecular formula is C22H21Cl2NO2. The summed E-state index contributed by atoms with van der Waals surface area (Å²) in [6.45, 7) is 4.74. The first-order chi connectivity index (χ1) is 12.9. The summed E-state index contributed by atoms with van der Waals surface area (Å²) in [6, 6.07) is 17.5.